The zero-order valence-corrected chi connectivity index (χ0v) is 20.0. The lowest BCUT2D eigenvalue weighted by molar-refractivity contribution is -0.114. The van der Waals surface area contributed by atoms with Gasteiger partial charge in [-0.25, -0.2) is 0 Å². The van der Waals surface area contributed by atoms with Gasteiger partial charge in [-0.1, -0.05) is 31.7 Å². The second kappa shape index (κ2) is 10.6. The van der Waals surface area contributed by atoms with Crippen molar-refractivity contribution in [2.75, 3.05) is 32.2 Å². The molecular weight excluding hydrogens is 424 g/mol. The van der Waals surface area contributed by atoms with E-state index in [1.165, 1.54) is 11.8 Å². The predicted molar refractivity (Wildman–Crippen MR) is 130 cm³/mol. The molecule has 2 aromatic rings. The average molecular weight is 455 g/mol. The molecule has 0 spiro atoms. The van der Waals surface area contributed by atoms with Crippen molar-refractivity contribution in [2.24, 2.45) is 5.92 Å². The minimum Gasteiger partial charge on any atom is -0.493 e. The second-order valence-corrected chi connectivity index (χ2v) is 9.02. The normalized spacial score (nSPS) is 14.5. The van der Waals surface area contributed by atoms with Gasteiger partial charge in [-0.05, 0) is 61.2 Å². The monoisotopic (exact) mass is 454 g/mol. The molecular formula is C25H30N2O4S. The van der Waals surface area contributed by atoms with Crippen LogP contribution in [-0.2, 0) is 4.79 Å². The molecule has 2 amide bonds. The van der Waals surface area contributed by atoms with E-state index in [9.17, 15) is 9.59 Å². The van der Waals surface area contributed by atoms with Gasteiger partial charge >= 0.3 is 0 Å². The highest BCUT2D eigenvalue weighted by Gasteiger charge is 2.27. The van der Waals surface area contributed by atoms with Crippen LogP contribution in [0.3, 0.4) is 0 Å². The molecule has 0 saturated heterocycles. The standard InChI is InChI=1S/C25H30N2O4S/c1-6-31-20-9-7-17(13-21(20)30-5)14-23-25(29)27(4)19-15-18(8-10-22(19)32-23)24(28)26-12-11-16(2)3/h7-10,13-16H,6,11-12H2,1-5H3,(H,26,28). The smallest absolute Gasteiger partial charge is 0.264 e. The summed E-state index contributed by atoms with van der Waals surface area (Å²) in [7, 11) is 3.32. The minimum atomic E-state index is -0.123. The Morgan fingerprint density at radius 2 is 1.97 bits per heavy atom. The highest BCUT2D eigenvalue weighted by Crippen LogP contribution is 2.42. The van der Waals surface area contributed by atoms with E-state index in [1.54, 1.807) is 31.2 Å². The molecule has 3 rings (SSSR count). The Morgan fingerprint density at radius 3 is 2.66 bits per heavy atom. The van der Waals surface area contributed by atoms with Crippen molar-refractivity contribution in [3.63, 3.8) is 0 Å². The maximum absolute atomic E-state index is 13.0. The molecule has 0 unspecified atom stereocenters. The lowest BCUT2D eigenvalue weighted by atomic mass is 10.1. The maximum atomic E-state index is 13.0. The molecule has 0 bridgehead atoms. The van der Waals surface area contributed by atoms with E-state index in [-0.39, 0.29) is 11.8 Å². The Hall–Kier alpha value is -2.93. The molecule has 0 aliphatic carbocycles. The summed E-state index contributed by atoms with van der Waals surface area (Å²) >= 11 is 1.40. The van der Waals surface area contributed by atoms with E-state index < -0.39 is 0 Å². The summed E-state index contributed by atoms with van der Waals surface area (Å²) in [5.41, 5.74) is 2.13. The number of ether oxygens (including phenoxy) is 2. The van der Waals surface area contributed by atoms with Gasteiger partial charge in [0, 0.05) is 24.1 Å². The molecule has 0 aromatic heterocycles. The Kier molecular flexibility index (Phi) is 7.85. The van der Waals surface area contributed by atoms with Crippen LogP contribution in [-0.4, -0.2) is 39.1 Å². The summed E-state index contributed by atoms with van der Waals surface area (Å²) in [5, 5.41) is 2.95. The molecule has 1 heterocycles. The third-order valence-electron chi connectivity index (χ3n) is 5.11. The SMILES string of the molecule is CCOc1ccc(C=C2Sc3ccc(C(=O)NCCC(C)C)cc3N(C)C2=O)cc1OC. The number of carbonyl (C=O) groups excluding carboxylic acids is 2. The zero-order valence-electron chi connectivity index (χ0n) is 19.2. The van der Waals surface area contributed by atoms with Crippen LogP contribution in [0, 0.1) is 5.92 Å². The van der Waals surface area contributed by atoms with Crippen molar-refractivity contribution in [1.82, 2.24) is 5.32 Å². The maximum Gasteiger partial charge on any atom is 0.264 e. The largest absolute Gasteiger partial charge is 0.493 e. The molecule has 0 atom stereocenters. The fourth-order valence-electron chi connectivity index (χ4n) is 3.31. The molecule has 0 radical (unpaired) electrons. The first-order valence-electron chi connectivity index (χ1n) is 10.7. The van der Waals surface area contributed by atoms with Gasteiger partial charge in [0.2, 0.25) is 0 Å². The van der Waals surface area contributed by atoms with Crippen LogP contribution >= 0.6 is 11.8 Å². The number of benzene rings is 2. The van der Waals surface area contributed by atoms with Gasteiger partial charge in [-0.15, -0.1) is 0 Å². The van der Waals surface area contributed by atoms with Crippen LogP contribution in [0.15, 0.2) is 46.2 Å². The quantitative estimate of drug-likeness (QED) is 0.570. The van der Waals surface area contributed by atoms with Crippen LogP contribution in [0.25, 0.3) is 6.08 Å². The minimum absolute atomic E-state index is 0.118. The number of hydrogen-bond acceptors (Lipinski definition) is 5. The van der Waals surface area contributed by atoms with Crippen molar-refractivity contribution in [3.05, 3.63) is 52.4 Å². The number of nitrogens with zero attached hydrogens (tertiary/aromatic N) is 1. The molecule has 0 fully saturated rings. The third kappa shape index (κ3) is 5.46. The van der Waals surface area contributed by atoms with Gasteiger partial charge < -0.3 is 19.7 Å². The van der Waals surface area contributed by atoms with Gasteiger partial charge in [0.1, 0.15) is 0 Å². The number of amides is 2. The van der Waals surface area contributed by atoms with E-state index in [0.717, 1.165) is 22.6 Å². The summed E-state index contributed by atoms with van der Waals surface area (Å²) in [6, 6.07) is 11.1. The molecule has 1 N–H and O–H groups in total. The van der Waals surface area contributed by atoms with Crippen molar-refractivity contribution in [3.8, 4) is 11.5 Å². The van der Waals surface area contributed by atoms with Gasteiger partial charge in [0.05, 0.1) is 24.3 Å². The van der Waals surface area contributed by atoms with Gasteiger partial charge in [0.25, 0.3) is 11.8 Å². The topological polar surface area (TPSA) is 67.9 Å². The van der Waals surface area contributed by atoms with Gasteiger partial charge in [-0.3, -0.25) is 9.59 Å². The molecule has 7 heteroatoms. The van der Waals surface area contributed by atoms with Crippen LogP contribution < -0.4 is 19.7 Å². The number of fused-ring (bicyclic) bond motifs is 1. The fourth-order valence-corrected chi connectivity index (χ4v) is 4.40. The highest BCUT2D eigenvalue weighted by molar-refractivity contribution is 8.04. The number of rotatable bonds is 8. The molecule has 2 aromatic carbocycles. The molecule has 1 aliphatic heterocycles. The molecule has 32 heavy (non-hydrogen) atoms. The third-order valence-corrected chi connectivity index (χ3v) is 6.19. The molecule has 0 saturated carbocycles. The van der Waals surface area contributed by atoms with E-state index >= 15 is 0 Å². The molecule has 6 nitrogen and oxygen atoms in total. The van der Waals surface area contributed by atoms with Crippen LogP contribution in [0.1, 0.15) is 43.1 Å². The summed E-state index contributed by atoms with van der Waals surface area (Å²) in [6.07, 6.45) is 2.77. The first-order chi connectivity index (χ1) is 15.3. The second-order valence-electron chi connectivity index (χ2n) is 7.94. The van der Waals surface area contributed by atoms with Gasteiger partial charge in [0.15, 0.2) is 11.5 Å². The Balaban J connectivity index is 1.82. The predicted octanol–water partition coefficient (Wildman–Crippen LogP) is 4.98. The van der Waals surface area contributed by atoms with Crippen molar-refractivity contribution >= 4 is 35.3 Å². The number of hydrogen-bond donors (Lipinski definition) is 1. The van der Waals surface area contributed by atoms with Gasteiger partial charge in [-0.2, -0.15) is 0 Å². The van der Waals surface area contributed by atoms with E-state index in [0.29, 0.717) is 41.0 Å². The van der Waals surface area contributed by atoms with Crippen LogP contribution in [0.2, 0.25) is 0 Å². The average Bonchev–Trinajstić information content (AvgIpc) is 2.77. The first kappa shape index (κ1) is 23.7. The van der Waals surface area contributed by atoms with Crippen LogP contribution in [0.5, 0.6) is 11.5 Å². The summed E-state index contributed by atoms with van der Waals surface area (Å²) < 4.78 is 11.0. The molecule has 170 valence electrons. The fraction of sp³-hybridized carbons (Fsp3) is 0.360. The van der Waals surface area contributed by atoms with Crippen molar-refractivity contribution in [1.29, 1.82) is 0 Å². The summed E-state index contributed by atoms with van der Waals surface area (Å²) in [4.78, 5) is 28.6. The number of nitrogens with one attached hydrogen (secondary N) is 1. The lowest BCUT2D eigenvalue weighted by Gasteiger charge is -2.27. The Bertz CT molecular complexity index is 1030. The van der Waals surface area contributed by atoms with Crippen LogP contribution in [0.4, 0.5) is 5.69 Å². The number of likely N-dealkylation sites (N-methyl/N-ethyl adjacent to an activating group) is 1. The first-order valence-corrected chi connectivity index (χ1v) is 11.6. The van der Waals surface area contributed by atoms with E-state index in [2.05, 4.69) is 19.2 Å². The molecule has 1 aliphatic rings. The number of thioether (sulfide) groups is 1. The zero-order chi connectivity index (χ0) is 23.3. The Labute approximate surface area is 194 Å². The number of anilines is 1. The summed E-state index contributed by atoms with van der Waals surface area (Å²) in [6.45, 7) is 7.34. The van der Waals surface area contributed by atoms with Crippen molar-refractivity contribution < 1.29 is 19.1 Å². The highest BCUT2D eigenvalue weighted by atomic mass is 32.2. The van der Waals surface area contributed by atoms with E-state index in [1.807, 2.05) is 37.3 Å². The lowest BCUT2D eigenvalue weighted by Crippen LogP contribution is -2.31. The number of carbonyl (C=O) groups is 2. The number of methoxy groups -OCH3 is 1. The Morgan fingerprint density at radius 1 is 1.19 bits per heavy atom. The van der Waals surface area contributed by atoms with Crippen molar-refractivity contribution in [2.45, 2.75) is 32.1 Å². The summed E-state index contributed by atoms with van der Waals surface area (Å²) in [5.74, 6) is 1.58. The van der Waals surface area contributed by atoms with E-state index in [4.69, 9.17) is 9.47 Å².